The third kappa shape index (κ3) is 5.51. The number of amides is 2. The molecule has 1 saturated heterocycles. The van der Waals surface area contributed by atoms with E-state index in [0.29, 0.717) is 38.3 Å². The first-order valence-electron chi connectivity index (χ1n) is 10.2. The number of imidazole rings is 1. The molecule has 1 aromatic heterocycles. The van der Waals surface area contributed by atoms with Gasteiger partial charge in [-0.15, -0.1) is 0 Å². The molecule has 2 aromatic rings. The van der Waals surface area contributed by atoms with Gasteiger partial charge in [0.25, 0.3) is 10.0 Å². The van der Waals surface area contributed by atoms with Gasteiger partial charge in [-0.1, -0.05) is 13.3 Å². The first-order valence-corrected chi connectivity index (χ1v) is 11.6. The van der Waals surface area contributed by atoms with Gasteiger partial charge in [-0.05, 0) is 37.1 Å². The van der Waals surface area contributed by atoms with E-state index < -0.39 is 10.0 Å². The Labute approximate surface area is 177 Å². The van der Waals surface area contributed by atoms with E-state index in [4.69, 9.17) is 4.74 Å². The molecule has 0 saturated carbocycles. The molecule has 1 aromatic carbocycles. The van der Waals surface area contributed by atoms with E-state index in [0.717, 1.165) is 18.6 Å². The molecular weight excluding hydrogens is 406 g/mol. The summed E-state index contributed by atoms with van der Waals surface area (Å²) in [5, 5.41) is 2.90. The number of nitrogens with zero attached hydrogens (tertiary/aromatic N) is 4. The van der Waals surface area contributed by atoms with Crippen LogP contribution in [-0.4, -0.2) is 66.0 Å². The highest BCUT2D eigenvalue weighted by atomic mass is 32.2. The molecule has 2 heterocycles. The molecule has 1 fully saturated rings. The number of urea groups is 1. The summed E-state index contributed by atoms with van der Waals surface area (Å²) in [6, 6.07) is 7.01. The molecule has 0 aliphatic carbocycles. The lowest BCUT2D eigenvalue weighted by Gasteiger charge is -2.22. The number of aryl methyl sites for hydroxylation is 1. The van der Waals surface area contributed by atoms with Crippen molar-refractivity contribution >= 4 is 21.7 Å². The van der Waals surface area contributed by atoms with Crippen LogP contribution in [0.1, 0.15) is 26.2 Å². The van der Waals surface area contributed by atoms with Gasteiger partial charge in [-0.3, -0.25) is 0 Å². The quantitative estimate of drug-likeness (QED) is 0.674. The van der Waals surface area contributed by atoms with E-state index in [2.05, 4.69) is 17.2 Å². The monoisotopic (exact) mass is 435 g/mol. The number of rotatable bonds is 7. The van der Waals surface area contributed by atoms with Crippen molar-refractivity contribution in [1.82, 2.24) is 18.8 Å². The average molecular weight is 436 g/mol. The van der Waals surface area contributed by atoms with Crippen molar-refractivity contribution in [2.45, 2.75) is 31.2 Å². The zero-order valence-corrected chi connectivity index (χ0v) is 18.3. The zero-order chi connectivity index (χ0) is 21.6. The van der Waals surface area contributed by atoms with Crippen molar-refractivity contribution < 1.29 is 17.9 Å². The smallest absolute Gasteiger partial charge is 0.321 e. The predicted octanol–water partition coefficient (Wildman–Crippen LogP) is 2.53. The number of aromatic nitrogens is 2. The minimum absolute atomic E-state index is 0.0316. The fraction of sp³-hybridized carbons (Fsp3) is 0.500. The van der Waals surface area contributed by atoms with Crippen LogP contribution < -0.4 is 10.1 Å². The lowest BCUT2D eigenvalue weighted by atomic mass is 10.3. The molecule has 30 heavy (non-hydrogen) atoms. The Balaban J connectivity index is 1.55. The first-order chi connectivity index (χ1) is 14.4. The summed E-state index contributed by atoms with van der Waals surface area (Å²) in [6.45, 7) is 4.17. The molecule has 1 aliphatic heterocycles. The molecule has 0 atom stereocenters. The molecule has 164 valence electrons. The number of sulfonamides is 1. The minimum Gasteiger partial charge on any atom is -0.494 e. The van der Waals surface area contributed by atoms with Crippen molar-refractivity contribution in [3.8, 4) is 5.75 Å². The molecular formula is C20H29N5O4S. The van der Waals surface area contributed by atoms with Gasteiger partial charge in [0.2, 0.25) is 0 Å². The average Bonchev–Trinajstić information content (AvgIpc) is 3.01. The Hall–Kier alpha value is -2.59. The second-order valence-electron chi connectivity index (χ2n) is 7.28. The number of hydrogen-bond donors (Lipinski definition) is 1. The maximum atomic E-state index is 12.8. The Kier molecular flexibility index (Phi) is 7.33. The number of hydrogen-bond acceptors (Lipinski definition) is 5. The van der Waals surface area contributed by atoms with Crippen LogP contribution in [0.2, 0.25) is 0 Å². The molecule has 9 nitrogen and oxygen atoms in total. The third-order valence-electron chi connectivity index (χ3n) is 4.90. The van der Waals surface area contributed by atoms with Crippen LogP contribution >= 0.6 is 0 Å². The van der Waals surface area contributed by atoms with Crippen LogP contribution in [0.25, 0.3) is 0 Å². The number of ether oxygens (including phenoxy) is 1. The molecule has 0 radical (unpaired) electrons. The number of anilines is 1. The molecule has 3 rings (SSSR count). The second-order valence-corrected chi connectivity index (χ2v) is 9.16. The SMILES string of the molecule is CCCCOc1ccc(NC(=O)N2CCCN(S(=O)(=O)c3cn(C)cn3)CC2)cc1. The lowest BCUT2D eigenvalue weighted by molar-refractivity contribution is 0.214. The molecule has 0 spiro atoms. The van der Waals surface area contributed by atoms with Crippen molar-refractivity contribution in [1.29, 1.82) is 0 Å². The van der Waals surface area contributed by atoms with Crippen LogP contribution in [-0.2, 0) is 17.1 Å². The van der Waals surface area contributed by atoms with E-state index in [1.165, 1.54) is 16.8 Å². The fourth-order valence-corrected chi connectivity index (χ4v) is 4.60. The largest absolute Gasteiger partial charge is 0.494 e. The maximum Gasteiger partial charge on any atom is 0.321 e. The lowest BCUT2D eigenvalue weighted by Crippen LogP contribution is -2.39. The molecule has 0 unspecified atom stereocenters. The minimum atomic E-state index is -3.66. The molecule has 1 N–H and O–H groups in total. The van der Waals surface area contributed by atoms with Crippen LogP contribution in [0.4, 0.5) is 10.5 Å². The molecule has 10 heteroatoms. The normalized spacial score (nSPS) is 15.6. The highest BCUT2D eigenvalue weighted by Gasteiger charge is 2.29. The Morgan fingerprint density at radius 3 is 2.60 bits per heavy atom. The van der Waals surface area contributed by atoms with E-state index >= 15 is 0 Å². The van der Waals surface area contributed by atoms with E-state index in [1.807, 2.05) is 12.1 Å². The van der Waals surface area contributed by atoms with Gasteiger partial charge in [-0.2, -0.15) is 4.31 Å². The van der Waals surface area contributed by atoms with Gasteiger partial charge >= 0.3 is 6.03 Å². The summed E-state index contributed by atoms with van der Waals surface area (Å²) >= 11 is 0. The number of unbranched alkanes of at least 4 members (excludes halogenated alkanes) is 1. The highest BCUT2D eigenvalue weighted by Crippen LogP contribution is 2.18. The van der Waals surface area contributed by atoms with Crippen molar-refractivity contribution in [3.05, 3.63) is 36.8 Å². The van der Waals surface area contributed by atoms with E-state index in [-0.39, 0.29) is 17.6 Å². The van der Waals surface area contributed by atoms with Gasteiger partial charge in [0.1, 0.15) is 5.75 Å². The number of benzene rings is 1. The summed E-state index contributed by atoms with van der Waals surface area (Å²) in [7, 11) is -1.93. The topological polar surface area (TPSA) is 96.8 Å². The van der Waals surface area contributed by atoms with Gasteiger partial charge in [-0.25, -0.2) is 18.2 Å². The zero-order valence-electron chi connectivity index (χ0n) is 17.5. The molecule has 0 bridgehead atoms. The summed E-state index contributed by atoms with van der Waals surface area (Å²) < 4.78 is 34.2. The van der Waals surface area contributed by atoms with Gasteiger partial charge in [0.05, 0.1) is 12.9 Å². The van der Waals surface area contributed by atoms with Crippen molar-refractivity contribution in [3.63, 3.8) is 0 Å². The Morgan fingerprint density at radius 2 is 1.93 bits per heavy atom. The summed E-state index contributed by atoms with van der Waals surface area (Å²) in [5.74, 6) is 0.770. The van der Waals surface area contributed by atoms with Gasteiger partial charge in [0, 0.05) is 45.1 Å². The van der Waals surface area contributed by atoms with Crippen molar-refractivity contribution in [2.24, 2.45) is 7.05 Å². The molecule has 2 amide bonds. The van der Waals surface area contributed by atoms with Crippen molar-refractivity contribution in [2.75, 3.05) is 38.1 Å². The van der Waals surface area contributed by atoms with Crippen LogP contribution in [0, 0.1) is 0 Å². The standard InChI is InChI=1S/C20H29N5O4S/c1-3-4-14-29-18-8-6-17(7-9-18)22-20(26)24-10-5-11-25(13-12-24)30(27,28)19-15-23(2)16-21-19/h6-9,15-16H,3-5,10-14H2,1-2H3,(H,22,26). The highest BCUT2D eigenvalue weighted by molar-refractivity contribution is 7.89. The van der Waals surface area contributed by atoms with E-state index in [1.54, 1.807) is 28.6 Å². The van der Waals surface area contributed by atoms with E-state index in [9.17, 15) is 13.2 Å². The number of carbonyl (C=O) groups excluding carboxylic acids is 1. The predicted molar refractivity (Wildman–Crippen MR) is 114 cm³/mol. The number of nitrogens with one attached hydrogen (secondary N) is 1. The third-order valence-corrected chi connectivity index (χ3v) is 6.68. The van der Waals surface area contributed by atoms with Gasteiger partial charge in [0.15, 0.2) is 5.03 Å². The summed E-state index contributed by atoms with van der Waals surface area (Å²) in [6.07, 6.45) is 5.58. The second kappa shape index (κ2) is 9.94. The van der Waals surface area contributed by atoms with Crippen LogP contribution in [0.5, 0.6) is 5.75 Å². The van der Waals surface area contributed by atoms with Crippen LogP contribution in [0.3, 0.4) is 0 Å². The molecule has 1 aliphatic rings. The first kappa shape index (κ1) is 22.1. The Morgan fingerprint density at radius 1 is 1.17 bits per heavy atom. The fourth-order valence-electron chi connectivity index (χ4n) is 3.16. The van der Waals surface area contributed by atoms with Crippen LogP contribution in [0.15, 0.2) is 41.8 Å². The summed E-state index contributed by atoms with van der Waals surface area (Å²) in [4.78, 5) is 18.2. The Bertz CT molecular complexity index is 942. The van der Waals surface area contributed by atoms with Gasteiger partial charge < -0.3 is 19.5 Å². The maximum absolute atomic E-state index is 12.8. The number of carbonyl (C=O) groups is 1. The summed E-state index contributed by atoms with van der Waals surface area (Å²) in [5.41, 5.74) is 0.671.